The smallest absolute Gasteiger partial charge is 0.253 e. The van der Waals surface area contributed by atoms with E-state index < -0.39 is 9.84 Å². The summed E-state index contributed by atoms with van der Waals surface area (Å²) >= 11 is 0. The summed E-state index contributed by atoms with van der Waals surface area (Å²) in [5, 5.41) is 5.97. The lowest BCUT2D eigenvalue weighted by molar-refractivity contribution is 0.0941. The van der Waals surface area contributed by atoms with E-state index in [4.69, 9.17) is 4.74 Å². The Balaban J connectivity index is 1.49. The molecule has 7 nitrogen and oxygen atoms in total. The van der Waals surface area contributed by atoms with Crippen LogP contribution >= 0.6 is 0 Å². The van der Waals surface area contributed by atoms with Gasteiger partial charge in [-0.15, -0.1) is 0 Å². The normalized spacial score (nSPS) is 18.0. The predicted octanol–water partition coefficient (Wildman–Crippen LogP) is 1.66. The Morgan fingerprint density at radius 3 is 2.81 bits per heavy atom. The minimum Gasteiger partial charge on any atom is -0.497 e. The number of benzene rings is 1. The Labute approximate surface area is 159 Å². The van der Waals surface area contributed by atoms with Gasteiger partial charge in [0.25, 0.3) is 5.91 Å². The molecule has 1 aliphatic rings. The maximum atomic E-state index is 12.2. The summed E-state index contributed by atoms with van der Waals surface area (Å²) in [6.45, 7) is 0.700. The van der Waals surface area contributed by atoms with Crippen LogP contribution in [0.5, 0.6) is 5.75 Å². The predicted molar refractivity (Wildman–Crippen MR) is 104 cm³/mol. The quantitative estimate of drug-likeness (QED) is 0.748. The van der Waals surface area contributed by atoms with Gasteiger partial charge >= 0.3 is 0 Å². The first-order valence-corrected chi connectivity index (χ1v) is 10.6. The van der Waals surface area contributed by atoms with Crippen LogP contribution < -0.4 is 15.4 Å². The molecule has 1 aliphatic heterocycles. The second-order valence-corrected chi connectivity index (χ2v) is 8.76. The Hall–Kier alpha value is -2.61. The van der Waals surface area contributed by atoms with Gasteiger partial charge in [0.1, 0.15) is 11.6 Å². The first-order chi connectivity index (χ1) is 12.9. The number of carbonyl (C=O) groups excluding carboxylic acids is 1. The summed E-state index contributed by atoms with van der Waals surface area (Å²) < 4.78 is 28.1. The van der Waals surface area contributed by atoms with E-state index in [-0.39, 0.29) is 23.5 Å². The van der Waals surface area contributed by atoms with E-state index in [0.717, 1.165) is 17.7 Å². The molecule has 27 heavy (non-hydrogen) atoms. The summed E-state index contributed by atoms with van der Waals surface area (Å²) in [6, 6.07) is 11.0. The summed E-state index contributed by atoms with van der Waals surface area (Å²) in [5.74, 6) is 1.35. The van der Waals surface area contributed by atoms with Crippen molar-refractivity contribution in [3.63, 3.8) is 0 Å². The van der Waals surface area contributed by atoms with Crippen LogP contribution in [0, 0.1) is 0 Å². The largest absolute Gasteiger partial charge is 0.497 e. The molecule has 144 valence electrons. The number of hydrogen-bond acceptors (Lipinski definition) is 6. The molecule has 0 spiro atoms. The number of carbonyl (C=O) groups is 1. The number of pyridine rings is 1. The fourth-order valence-electron chi connectivity index (χ4n) is 2.97. The van der Waals surface area contributed by atoms with Crippen molar-refractivity contribution in [1.82, 2.24) is 10.3 Å². The Kier molecular flexibility index (Phi) is 5.95. The minimum atomic E-state index is -3.02. The number of aromatic nitrogens is 1. The van der Waals surface area contributed by atoms with Gasteiger partial charge in [-0.1, -0.05) is 12.1 Å². The number of methoxy groups -OCH3 is 1. The van der Waals surface area contributed by atoms with E-state index in [1.165, 1.54) is 6.20 Å². The molecule has 1 fully saturated rings. The Morgan fingerprint density at radius 1 is 1.30 bits per heavy atom. The van der Waals surface area contributed by atoms with E-state index in [0.29, 0.717) is 24.3 Å². The van der Waals surface area contributed by atoms with Gasteiger partial charge in [0.2, 0.25) is 0 Å². The van der Waals surface area contributed by atoms with Crippen molar-refractivity contribution < 1.29 is 17.9 Å². The van der Waals surface area contributed by atoms with Crippen LogP contribution in [0.4, 0.5) is 5.82 Å². The number of anilines is 1. The van der Waals surface area contributed by atoms with Gasteiger partial charge in [0, 0.05) is 18.8 Å². The molecule has 1 aromatic heterocycles. The van der Waals surface area contributed by atoms with Crippen LogP contribution in [0.1, 0.15) is 22.3 Å². The third-order valence-electron chi connectivity index (χ3n) is 4.45. The average molecular weight is 389 g/mol. The van der Waals surface area contributed by atoms with Gasteiger partial charge in [-0.05, 0) is 42.7 Å². The molecule has 2 aromatic rings. The third-order valence-corrected chi connectivity index (χ3v) is 6.22. The average Bonchev–Trinajstić information content (AvgIpc) is 3.00. The lowest BCUT2D eigenvalue weighted by Gasteiger charge is -2.11. The lowest BCUT2D eigenvalue weighted by atomic mass is 10.1. The molecule has 3 rings (SSSR count). The van der Waals surface area contributed by atoms with Crippen molar-refractivity contribution in [2.24, 2.45) is 0 Å². The van der Waals surface area contributed by atoms with Crippen molar-refractivity contribution in [2.45, 2.75) is 18.9 Å². The number of nitrogens with one attached hydrogen (secondary N) is 2. The SMILES string of the molecule is COc1cccc(CCNc2ccc(C(=O)NC3CCS(=O)(=O)C3)cn2)c1. The molecule has 8 heteroatoms. The van der Waals surface area contributed by atoms with Crippen LogP contribution in [0.2, 0.25) is 0 Å². The lowest BCUT2D eigenvalue weighted by Crippen LogP contribution is -2.35. The molecule has 0 aliphatic carbocycles. The highest BCUT2D eigenvalue weighted by Gasteiger charge is 2.29. The first-order valence-electron chi connectivity index (χ1n) is 8.79. The maximum absolute atomic E-state index is 12.2. The van der Waals surface area contributed by atoms with Gasteiger partial charge in [0.05, 0.1) is 24.2 Å². The topological polar surface area (TPSA) is 97.4 Å². The number of hydrogen-bond donors (Lipinski definition) is 2. The van der Waals surface area contributed by atoms with Crippen LogP contribution in [0.25, 0.3) is 0 Å². The number of rotatable bonds is 7. The van der Waals surface area contributed by atoms with E-state index >= 15 is 0 Å². The highest BCUT2D eigenvalue weighted by molar-refractivity contribution is 7.91. The molecular formula is C19H23N3O4S. The summed E-state index contributed by atoms with van der Waals surface area (Å²) in [4.78, 5) is 16.5. The fraction of sp³-hybridized carbons (Fsp3) is 0.368. The van der Waals surface area contributed by atoms with Crippen molar-refractivity contribution in [2.75, 3.05) is 30.5 Å². The molecule has 1 atom stereocenters. The van der Waals surface area contributed by atoms with Crippen molar-refractivity contribution >= 4 is 21.6 Å². The number of ether oxygens (including phenoxy) is 1. The Bertz CT molecular complexity index is 897. The summed E-state index contributed by atoms with van der Waals surface area (Å²) in [5.41, 5.74) is 1.57. The second kappa shape index (κ2) is 8.39. The molecule has 1 amide bonds. The molecule has 0 radical (unpaired) electrons. The molecule has 0 bridgehead atoms. The molecular weight excluding hydrogens is 366 g/mol. The zero-order valence-corrected chi connectivity index (χ0v) is 16.0. The van der Waals surface area contributed by atoms with Gasteiger partial charge < -0.3 is 15.4 Å². The monoisotopic (exact) mass is 389 g/mol. The highest BCUT2D eigenvalue weighted by Crippen LogP contribution is 2.14. The van der Waals surface area contributed by atoms with E-state index in [1.807, 2.05) is 24.3 Å². The number of nitrogens with zero attached hydrogens (tertiary/aromatic N) is 1. The van der Waals surface area contributed by atoms with E-state index in [2.05, 4.69) is 15.6 Å². The van der Waals surface area contributed by atoms with Crippen LogP contribution in [-0.4, -0.2) is 50.5 Å². The molecule has 1 aromatic carbocycles. The van der Waals surface area contributed by atoms with Crippen LogP contribution in [0.3, 0.4) is 0 Å². The van der Waals surface area contributed by atoms with Crippen molar-refractivity contribution in [1.29, 1.82) is 0 Å². The van der Waals surface area contributed by atoms with E-state index in [9.17, 15) is 13.2 Å². The standard InChI is InChI=1S/C19H23N3O4S/c1-26-17-4-2-3-14(11-17)7-9-20-18-6-5-15(12-21-18)19(23)22-16-8-10-27(24,25)13-16/h2-6,11-12,16H,7-10,13H2,1H3,(H,20,21)(H,22,23). The number of amides is 1. The van der Waals surface area contributed by atoms with Gasteiger partial charge in [0.15, 0.2) is 9.84 Å². The minimum absolute atomic E-state index is 0.01000. The molecule has 1 unspecified atom stereocenters. The zero-order chi connectivity index (χ0) is 19.3. The van der Waals surface area contributed by atoms with Crippen LogP contribution in [-0.2, 0) is 16.3 Å². The molecule has 0 saturated carbocycles. The van der Waals surface area contributed by atoms with Crippen molar-refractivity contribution in [3.8, 4) is 5.75 Å². The summed E-state index contributed by atoms with van der Waals surface area (Å²) in [6.07, 6.45) is 2.77. The number of sulfone groups is 1. The zero-order valence-electron chi connectivity index (χ0n) is 15.1. The third kappa shape index (κ3) is 5.43. The highest BCUT2D eigenvalue weighted by atomic mass is 32.2. The molecule has 2 heterocycles. The summed E-state index contributed by atoms with van der Waals surface area (Å²) in [7, 11) is -1.37. The van der Waals surface area contributed by atoms with Crippen molar-refractivity contribution in [3.05, 3.63) is 53.7 Å². The Morgan fingerprint density at radius 2 is 2.15 bits per heavy atom. The maximum Gasteiger partial charge on any atom is 0.253 e. The van der Waals surface area contributed by atoms with E-state index in [1.54, 1.807) is 19.2 Å². The van der Waals surface area contributed by atoms with Crippen LogP contribution in [0.15, 0.2) is 42.6 Å². The van der Waals surface area contributed by atoms with Gasteiger partial charge in [-0.3, -0.25) is 4.79 Å². The fourth-order valence-corrected chi connectivity index (χ4v) is 4.65. The van der Waals surface area contributed by atoms with Gasteiger partial charge in [-0.2, -0.15) is 0 Å². The second-order valence-electron chi connectivity index (χ2n) is 6.53. The van der Waals surface area contributed by atoms with Gasteiger partial charge in [-0.25, -0.2) is 13.4 Å². The molecule has 1 saturated heterocycles. The molecule has 2 N–H and O–H groups in total. The first kappa shape index (κ1) is 19.2.